The Bertz CT molecular complexity index is 431. The molecule has 0 aromatic carbocycles. The van der Waals surface area contributed by atoms with Gasteiger partial charge in [0.25, 0.3) is 5.91 Å². The summed E-state index contributed by atoms with van der Waals surface area (Å²) in [6.07, 6.45) is 3.42. The fourth-order valence-corrected chi connectivity index (χ4v) is 2.72. The highest BCUT2D eigenvalue weighted by Gasteiger charge is 2.58. The third kappa shape index (κ3) is 2.64. The summed E-state index contributed by atoms with van der Waals surface area (Å²) in [5, 5.41) is 2.84. The predicted octanol–water partition coefficient (Wildman–Crippen LogP) is 1.30. The summed E-state index contributed by atoms with van der Waals surface area (Å²) >= 11 is 0. The molecule has 2 fully saturated rings. The van der Waals surface area contributed by atoms with Crippen molar-refractivity contribution in [3.05, 3.63) is 0 Å². The SMILES string of the molecule is COC(=O)CN1C(=O)N[C@@](CCC(C)C)(C2CC2)C1=O. The van der Waals surface area contributed by atoms with Crippen LogP contribution < -0.4 is 5.32 Å². The molecule has 1 aliphatic heterocycles. The van der Waals surface area contributed by atoms with Crippen molar-refractivity contribution < 1.29 is 19.1 Å². The van der Waals surface area contributed by atoms with Crippen LogP contribution in [0.2, 0.25) is 0 Å². The number of hydrogen-bond acceptors (Lipinski definition) is 4. The van der Waals surface area contributed by atoms with Crippen LogP contribution in [0.4, 0.5) is 4.79 Å². The fraction of sp³-hybridized carbons (Fsp3) is 0.786. The largest absolute Gasteiger partial charge is 0.468 e. The molecule has 1 aliphatic carbocycles. The number of nitrogens with zero attached hydrogens (tertiary/aromatic N) is 1. The van der Waals surface area contributed by atoms with Crippen molar-refractivity contribution in [2.24, 2.45) is 11.8 Å². The van der Waals surface area contributed by atoms with Gasteiger partial charge in [-0.3, -0.25) is 14.5 Å². The molecule has 1 saturated carbocycles. The van der Waals surface area contributed by atoms with E-state index in [-0.39, 0.29) is 18.4 Å². The summed E-state index contributed by atoms with van der Waals surface area (Å²) < 4.78 is 4.54. The van der Waals surface area contributed by atoms with Gasteiger partial charge in [0.2, 0.25) is 0 Å². The molecule has 2 aliphatic rings. The van der Waals surface area contributed by atoms with Crippen LogP contribution in [-0.2, 0) is 14.3 Å². The molecule has 0 radical (unpaired) electrons. The Morgan fingerprint density at radius 3 is 2.60 bits per heavy atom. The van der Waals surface area contributed by atoms with Crippen molar-refractivity contribution in [1.29, 1.82) is 0 Å². The lowest BCUT2D eigenvalue weighted by Gasteiger charge is -2.27. The van der Waals surface area contributed by atoms with E-state index in [1.165, 1.54) is 7.11 Å². The third-order valence-electron chi connectivity index (χ3n) is 4.11. The Morgan fingerprint density at radius 1 is 1.45 bits per heavy atom. The number of rotatable bonds is 6. The molecule has 6 heteroatoms. The van der Waals surface area contributed by atoms with E-state index in [1.807, 2.05) is 0 Å². The molecule has 3 amide bonds. The van der Waals surface area contributed by atoms with Crippen molar-refractivity contribution in [2.45, 2.75) is 45.1 Å². The van der Waals surface area contributed by atoms with E-state index in [0.717, 1.165) is 24.2 Å². The second kappa shape index (κ2) is 5.42. The zero-order chi connectivity index (χ0) is 14.9. The van der Waals surface area contributed by atoms with Gasteiger partial charge in [0.05, 0.1) is 7.11 Å². The third-order valence-corrected chi connectivity index (χ3v) is 4.11. The molecule has 1 heterocycles. The Kier molecular flexibility index (Phi) is 4.01. The van der Waals surface area contributed by atoms with Crippen LogP contribution in [0.5, 0.6) is 0 Å². The number of hydrogen-bond donors (Lipinski definition) is 1. The maximum Gasteiger partial charge on any atom is 0.325 e. The predicted molar refractivity (Wildman–Crippen MR) is 71.8 cm³/mol. The molecule has 0 bridgehead atoms. The lowest BCUT2D eigenvalue weighted by molar-refractivity contribution is -0.145. The minimum atomic E-state index is -0.796. The van der Waals surface area contributed by atoms with Crippen LogP contribution in [0.3, 0.4) is 0 Å². The van der Waals surface area contributed by atoms with E-state index in [2.05, 4.69) is 23.9 Å². The second-order valence-corrected chi connectivity index (χ2v) is 6.08. The number of amides is 3. The van der Waals surface area contributed by atoms with E-state index in [1.54, 1.807) is 0 Å². The average molecular weight is 282 g/mol. The van der Waals surface area contributed by atoms with Crippen LogP contribution in [0.1, 0.15) is 39.5 Å². The summed E-state index contributed by atoms with van der Waals surface area (Å²) in [4.78, 5) is 36.9. The topological polar surface area (TPSA) is 75.7 Å². The zero-order valence-electron chi connectivity index (χ0n) is 12.3. The molecule has 6 nitrogen and oxygen atoms in total. The number of imide groups is 1. The molecule has 0 aromatic rings. The van der Waals surface area contributed by atoms with E-state index in [9.17, 15) is 14.4 Å². The molecule has 1 atom stereocenters. The van der Waals surface area contributed by atoms with Crippen LogP contribution in [0, 0.1) is 11.8 Å². The van der Waals surface area contributed by atoms with Gasteiger partial charge in [0, 0.05) is 0 Å². The van der Waals surface area contributed by atoms with Gasteiger partial charge < -0.3 is 10.1 Å². The van der Waals surface area contributed by atoms with Crippen molar-refractivity contribution in [3.8, 4) is 0 Å². The van der Waals surface area contributed by atoms with Gasteiger partial charge in [0.15, 0.2) is 0 Å². The highest BCUT2D eigenvalue weighted by Crippen LogP contribution is 2.45. The van der Waals surface area contributed by atoms with E-state index >= 15 is 0 Å². The number of esters is 1. The van der Waals surface area contributed by atoms with Gasteiger partial charge in [-0.1, -0.05) is 13.8 Å². The van der Waals surface area contributed by atoms with E-state index < -0.39 is 17.5 Å². The van der Waals surface area contributed by atoms with Crippen LogP contribution in [-0.4, -0.2) is 42.0 Å². The Labute approximate surface area is 118 Å². The van der Waals surface area contributed by atoms with Crippen molar-refractivity contribution in [1.82, 2.24) is 10.2 Å². The molecule has 0 unspecified atom stereocenters. The first-order chi connectivity index (χ1) is 9.40. The standard InChI is InChI=1S/C14H22N2O4/c1-9(2)6-7-14(10-4-5-10)12(18)16(13(19)15-14)8-11(17)20-3/h9-10H,4-8H2,1-3H3,(H,15,19)/t14-/m0/s1. The minimum Gasteiger partial charge on any atom is -0.468 e. The molecule has 0 spiro atoms. The number of ether oxygens (including phenoxy) is 1. The van der Waals surface area contributed by atoms with Gasteiger partial charge >= 0.3 is 12.0 Å². The summed E-state index contributed by atoms with van der Waals surface area (Å²) in [5.41, 5.74) is -0.796. The number of carbonyl (C=O) groups is 3. The van der Waals surface area contributed by atoms with Crippen LogP contribution >= 0.6 is 0 Å². The van der Waals surface area contributed by atoms with E-state index in [0.29, 0.717) is 12.3 Å². The van der Waals surface area contributed by atoms with E-state index in [4.69, 9.17) is 0 Å². The van der Waals surface area contributed by atoms with Crippen molar-refractivity contribution in [3.63, 3.8) is 0 Å². The summed E-state index contributed by atoms with van der Waals surface area (Å²) in [5.74, 6) is -0.176. The lowest BCUT2D eigenvalue weighted by atomic mass is 9.85. The average Bonchev–Trinajstić information content (AvgIpc) is 3.20. The molecule has 0 aromatic heterocycles. The summed E-state index contributed by atoms with van der Waals surface area (Å²) in [6.45, 7) is 3.87. The molecule has 20 heavy (non-hydrogen) atoms. The first-order valence-corrected chi connectivity index (χ1v) is 7.11. The van der Waals surface area contributed by atoms with Gasteiger partial charge in [-0.05, 0) is 37.5 Å². The fourth-order valence-electron chi connectivity index (χ4n) is 2.72. The normalized spacial score (nSPS) is 26.1. The number of methoxy groups -OCH3 is 1. The number of nitrogens with one attached hydrogen (secondary N) is 1. The quantitative estimate of drug-likeness (QED) is 0.588. The monoisotopic (exact) mass is 282 g/mol. The van der Waals surface area contributed by atoms with Gasteiger partial charge in [-0.15, -0.1) is 0 Å². The van der Waals surface area contributed by atoms with Crippen molar-refractivity contribution >= 4 is 17.9 Å². The highest BCUT2D eigenvalue weighted by atomic mass is 16.5. The van der Waals surface area contributed by atoms with Crippen LogP contribution in [0.15, 0.2) is 0 Å². The van der Waals surface area contributed by atoms with Gasteiger partial charge in [-0.25, -0.2) is 4.79 Å². The maximum atomic E-state index is 12.6. The Hall–Kier alpha value is -1.59. The van der Waals surface area contributed by atoms with Gasteiger partial charge in [-0.2, -0.15) is 0 Å². The first-order valence-electron chi connectivity index (χ1n) is 7.11. The maximum absolute atomic E-state index is 12.6. The zero-order valence-corrected chi connectivity index (χ0v) is 12.3. The highest BCUT2D eigenvalue weighted by molar-refractivity contribution is 6.09. The number of urea groups is 1. The van der Waals surface area contributed by atoms with Gasteiger partial charge in [0.1, 0.15) is 12.1 Å². The molecular formula is C14H22N2O4. The molecule has 1 N–H and O–H groups in total. The number of carbonyl (C=O) groups excluding carboxylic acids is 3. The first kappa shape index (κ1) is 14.8. The Balaban J connectivity index is 2.15. The Morgan fingerprint density at radius 2 is 2.10 bits per heavy atom. The summed E-state index contributed by atoms with van der Waals surface area (Å²) in [7, 11) is 1.24. The molecule has 1 saturated heterocycles. The minimum absolute atomic E-state index is 0.209. The molecular weight excluding hydrogens is 260 g/mol. The smallest absolute Gasteiger partial charge is 0.325 e. The molecule has 2 rings (SSSR count). The lowest BCUT2D eigenvalue weighted by Crippen LogP contribution is -2.49. The second-order valence-electron chi connectivity index (χ2n) is 6.08. The van der Waals surface area contributed by atoms with Crippen LogP contribution in [0.25, 0.3) is 0 Å². The summed E-state index contributed by atoms with van der Waals surface area (Å²) in [6, 6.07) is -0.476. The molecule has 112 valence electrons. The van der Waals surface area contributed by atoms with Crippen molar-refractivity contribution in [2.75, 3.05) is 13.7 Å².